The highest BCUT2D eigenvalue weighted by atomic mass is 16.2. The number of amides is 2. The van der Waals surface area contributed by atoms with Gasteiger partial charge in [0.05, 0.1) is 0 Å². The average molecular weight is 260 g/mol. The first-order chi connectivity index (χ1) is 9.22. The molecule has 0 unspecified atom stereocenters. The molecule has 4 nitrogen and oxygen atoms in total. The van der Waals surface area contributed by atoms with Gasteiger partial charge in [-0.05, 0) is 37.5 Å². The molecular weight excluding hydrogens is 240 g/mol. The molecule has 19 heavy (non-hydrogen) atoms. The maximum Gasteiger partial charge on any atom is 0.253 e. The Morgan fingerprint density at radius 1 is 1.21 bits per heavy atom. The monoisotopic (exact) mass is 260 g/mol. The van der Waals surface area contributed by atoms with Crippen molar-refractivity contribution >= 4 is 11.8 Å². The van der Waals surface area contributed by atoms with Gasteiger partial charge in [0, 0.05) is 30.8 Å². The number of likely N-dealkylation sites (tertiary alicyclic amines) is 1. The van der Waals surface area contributed by atoms with E-state index in [1.165, 1.54) is 0 Å². The van der Waals surface area contributed by atoms with Crippen LogP contribution in [0.4, 0.5) is 0 Å². The summed E-state index contributed by atoms with van der Waals surface area (Å²) in [7, 11) is 0. The second kappa shape index (κ2) is 6.36. The SMILES string of the molecule is CCCNC(=O)c1cccc(C(=O)N2CCCC2)c1. The Kier molecular flexibility index (Phi) is 4.55. The molecule has 0 aromatic heterocycles. The van der Waals surface area contributed by atoms with Gasteiger partial charge in [0.25, 0.3) is 11.8 Å². The highest BCUT2D eigenvalue weighted by Gasteiger charge is 2.20. The van der Waals surface area contributed by atoms with Gasteiger partial charge in [-0.3, -0.25) is 9.59 Å². The fourth-order valence-corrected chi connectivity index (χ4v) is 2.24. The molecule has 4 heteroatoms. The molecule has 1 N–H and O–H groups in total. The Hall–Kier alpha value is -1.84. The Morgan fingerprint density at radius 3 is 2.58 bits per heavy atom. The van der Waals surface area contributed by atoms with Gasteiger partial charge >= 0.3 is 0 Å². The maximum absolute atomic E-state index is 12.2. The summed E-state index contributed by atoms with van der Waals surface area (Å²) < 4.78 is 0. The molecule has 102 valence electrons. The van der Waals surface area contributed by atoms with Gasteiger partial charge in [-0.1, -0.05) is 13.0 Å². The number of carbonyl (C=O) groups excluding carboxylic acids is 2. The first-order valence-corrected chi connectivity index (χ1v) is 6.90. The zero-order valence-electron chi connectivity index (χ0n) is 11.3. The zero-order chi connectivity index (χ0) is 13.7. The van der Waals surface area contributed by atoms with Crippen molar-refractivity contribution in [2.45, 2.75) is 26.2 Å². The summed E-state index contributed by atoms with van der Waals surface area (Å²) in [6.45, 7) is 4.31. The molecule has 0 atom stereocenters. The van der Waals surface area contributed by atoms with Crippen molar-refractivity contribution in [1.82, 2.24) is 10.2 Å². The topological polar surface area (TPSA) is 49.4 Å². The van der Waals surface area contributed by atoms with Crippen molar-refractivity contribution in [3.05, 3.63) is 35.4 Å². The van der Waals surface area contributed by atoms with E-state index >= 15 is 0 Å². The zero-order valence-corrected chi connectivity index (χ0v) is 11.3. The Labute approximate surface area is 113 Å². The normalized spacial score (nSPS) is 14.5. The first-order valence-electron chi connectivity index (χ1n) is 6.90. The molecule has 2 rings (SSSR count). The minimum absolute atomic E-state index is 0.0302. The molecule has 0 radical (unpaired) electrons. The molecule has 2 amide bonds. The van der Waals surface area contributed by atoms with Crippen LogP contribution in [0.15, 0.2) is 24.3 Å². The lowest BCUT2D eigenvalue weighted by atomic mass is 10.1. The van der Waals surface area contributed by atoms with Gasteiger partial charge < -0.3 is 10.2 Å². The van der Waals surface area contributed by atoms with Crippen LogP contribution in [0, 0.1) is 0 Å². The van der Waals surface area contributed by atoms with Crippen molar-refractivity contribution in [3.63, 3.8) is 0 Å². The highest BCUT2D eigenvalue weighted by molar-refractivity contribution is 5.99. The molecule has 1 aliphatic heterocycles. The van der Waals surface area contributed by atoms with Crippen LogP contribution in [-0.2, 0) is 0 Å². The van der Waals surface area contributed by atoms with Gasteiger partial charge in [0.15, 0.2) is 0 Å². The molecule has 1 fully saturated rings. The molecule has 1 aliphatic rings. The van der Waals surface area contributed by atoms with E-state index < -0.39 is 0 Å². The summed E-state index contributed by atoms with van der Waals surface area (Å²) in [6.07, 6.45) is 3.04. The lowest BCUT2D eigenvalue weighted by Crippen LogP contribution is -2.28. The van der Waals surface area contributed by atoms with E-state index in [1.807, 2.05) is 11.8 Å². The lowest BCUT2D eigenvalue weighted by Gasteiger charge is -2.15. The van der Waals surface area contributed by atoms with E-state index in [0.717, 1.165) is 32.4 Å². The lowest BCUT2D eigenvalue weighted by molar-refractivity contribution is 0.0793. The van der Waals surface area contributed by atoms with Crippen LogP contribution in [0.5, 0.6) is 0 Å². The Morgan fingerprint density at radius 2 is 1.89 bits per heavy atom. The maximum atomic E-state index is 12.2. The molecule has 1 aromatic rings. The van der Waals surface area contributed by atoms with Crippen LogP contribution in [0.3, 0.4) is 0 Å². The van der Waals surface area contributed by atoms with Crippen LogP contribution < -0.4 is 5.32 Å². The van der Waals surface area contributed by atoms with Crippen molar-refractivity contribution in [2.75, 3.05) is 19.6 Å². The molecule has 0 spiro atoms. The van der Waals surface area contributed by atoms with Crippen molar-refractivity contribution < 1.29 is 9.59 Å². The fraction of sp³-hybridized carbons (Fsp3) is 0.467. The minimum atomic E-state index is -0.113. The third-order valence-corrected chi connectivity index (χ3v) is 3.30. The molecule has 1 aromatic carbocycles. The summed E-state index contributed by atoms with van der Waals surface area (Å²) in [5.41, 5.74) is 1.16. The van der Waals surface area contributed by atoms with Crippen LogP contribution in [0.2, 0.25) is 0 Å². The van der Waals surface area contributed by atoms with Crippen LogP contribution in [0.1, 0.15) is 46.9 Å². The summed E-state index contributed by atoms with van der Waals surface area (Å²) in [4.78, 5) is 25.9. The molecule has 0 bridgehead atoms. The van der Waals surface area contributed by atoms with Crippen molar-refractivity contribution in [2.24, 2.45) is 0 Å². The van der Waals surface area contributed by atoms with Gasteiger partial charge in [-0.2, -0.15) is 0 Å². The summed E-state index contributed by atoms with van der Waals surface area (Å²) in [5.74, 6) is -0.0828. The molecule has 1 heterocycles. The number of benzene rings is 1. The largest absolute Gasteiger partial charge is 0.352 e. The molecule has 0 saturated carbocycles. The third kappa shape index (κ3) is 3.34. The summed E-state index contributed by atoms with van der Waals surface area (Å²) >= 11 is 0. The summed E-state index contributed by atoms with van der Waals surface area (Å²) in [6, 6.07) is 6.97. The number of carbonyl (C=O) groups is 2. The molecule has 1 saturated heterocycles. The van der Waals surface area contributed by atoms with Crippen molar-refractivity contribution in [1.29, 1.82) is 0 Å². The van der Waals surface area contributed by atoms with Crippen molar-refractivity contribution in [3.8, 4) is 0 Å². The Bertz CT molecular complexity index is 465. The molecular formula is C15H20N2O2. The number of nitrogens with one attached hydrogen (secondary N) is 1. The number of rotatable bonds is 4. The van der Waals surface area contributed by atoms with E-state index in [2.05, 4.69) is 5.32 Å². The predicted octanol–water partition coefficient (Wildman–Crippen LogP) is 2.06. The van der Waals surface area contributed by atoms with Gasteiger partial charge in [0.2, 0.25) is 0 Å². The number of hydrogen-bond donors (Lipinski definition) is 1. The van der Waals surface area contributed by atoms with E-state index in [4.69, 9.17) is 0 Å². The van der Waals surface area contributed by atoms with Gasteiger partial charge in [-0.15, -0.1) is 0 Å². The number of nitrogens with zero attached hydrogens (tertiary/aromatic N) is 1. The van der Waals surface area contributed by atoms with Gasteiger partial charge in [0.1, 0.15) is 0 Å². The second-order valence-corrected chi connectivity index (χ2v) is 4.84. The van der Waals surface area contributed by atoms with E-state index in [-0.39, 0.29) is 11.8 Å². The standard InChI is InChI=1S/C15H20N2O2/c1-2-8-16-14(18)12-6-5-7-13(11-12)15(19)17-9-3-4-10-17/h5-7,11H,2-4,8-10H2,1H3,(H,16,18). The van der Waals surface area contributed by atoms with Crippen LogP contribution in [0.25, 0.3) is 0 Å². The van der Waals surface area contributed by atoms with Gasteiger partial charge in [-0.25, -0.2) is 0 Å². The number of hydrogen-bond acceptors (Lipinski definition) is 2. The summed E-state index contributed by atoms with van der Waals surface area (Å²) in [5, 5.41) is 2.82. The van der Waals surface area contributed by atoms with E-state index in [9.17, 15) is 9.59 Å². The first kappa shape index (κ1) is 13.6. The average Bonchev–Trinajstić information content (AvgIpc) is 2.98. The predicted molar refractivity (Wildman–Crippen MR) is 74.2 cm³/mol. The smallest absolute Gasteiger partial charge is 0.253 e. The third-order valence-electron chi connectivity index (χ3n) is 3.30. The van der Waals surface area contributed by atoms with E-state index in [1.54, 1.807) is 24.3 Å². The highest BCUT2D eigenvalue weighted by Crippen LogP contribution is 2.14. The fourth-order valence-electron chi connectivity index (χ4n) is 2.24. The molecule has 0 aliphatic carbocycles. The van der Waals surface area contributed by atoms with E-state index in [0.29, 0.717) is 17.7 Å². The van der Waals surface area contributed by atoms with Crippen LogP contribution in [-0.4, -0.2) is 36.3 Å². The Balaban J connectivity index is 2.10. The van der Waals surface area contributed by atoms with Crippen LogP contribution >= 0.6 is 0 Å². The second-order valence-electron chi connectivity index (χ2n) is 4.84. The quantitative estimate of drug-likeness (QED) is 0.901. The minimum Gasteiger partial charge on any atom is -0.352 e.